The Hall–Kier alpha value is -3.64. The average Bonchev–Trinajstić information content (AvgIpc) is 3.20. The van der Waals surface area contributed by atoms with Crippen LogP contribution in [0.5, 0.6) is 5.75 Å². The topological polar surface area (TPSA) is 31.5 Å². The van der Waals surface area contributed by atoms with Crippen molar-refractivity contribution in [1.29, 1.82) is 0 Å². The molecule has 4 nitrogen and oxygen atoms in total. The first kappa shape index (κ1) is 23.1. The van der Waals surface area contributed by atoms with Gasteiger partial charge in [0.1, 0.15) is 17.4 Å². The second-order valence-electron chi connectivity index (χ2n) is 8.90. The maximum Gasteiger partial charge on any atom is 0.142 e. The van der Waals surface area contributed by atoms with Gasteiger partial charge in [0.05, 0.1) is 18.5 Å². The van der Waals surface area contributed by atoms with E-state index in [-0.39, 0.29) is 0 Å². The number of nitrogens with one attached hydrogen (secondary N) is 1. The van der Waals surface area contributed by atoms with E-state index in [0.717, 1.165) is 71.8 Å². The summed E-state index contributed by atoms with van der Waals surface area (Å²) in [5.41, 5.74) is 6.27. The third-order valence-corrected chi connectivity index (χ3v) is 6.73. The van der Waals surface area contributed by atoms with Crippen molar-refractivity contribution in [2.75, 3.05) is 38.2 Å². The minimum absolute atomic E-state index is 0.421. The molecule has 2 heterocycles. The number of benzene rings is 3. The smallest absolute Gasteiger partial charge is 0.142 e. The van der Waals surface area contributed by atoms with Crippen molar-refractivity contribution in [2.24, 2.45) is 0 Å². The van der Waals surface area contributed by atoms with Crippen LogP contribution in [0, 0.1) is 18.6 Å². The van der Waals surface area contributed by atoms with Crippen LogP contribution in [0.3, 0.4) is 0 Å². The number of aryl methyl sites for hydroxylation is 1. The van der Waals surface area contributed by atoms with Crippen molar-refractivity contribution >= 4 is 5.69 Å². The molecule has 180 valence electrons. The molecule has 1 aromatic heterocycles. The number of rotatable bonds is 6. The number of methoxy groups -OCH3 is 1. The first-order chi connectivity index (χ1) is 17.0. The lowest BCUT2D eigenvalue weighted by Gasteiger charge is -2.36. The van der Waals surface area contributed by atoms with Gasteiger partial charge in [0, 0.05) is 55.6 Å². The van der Waals surface area contributed by atoms with E-state index < -0.39 is 11.6 Å². The quantitative estimate of drug-likeness (QED) is 0.358. The zero-order valence-corrected chi connectivity index (χ0v) is 20.0. The minimum Gasteiger partial charge on any atom is -0.495 e. The Kier molecular flexibility index (Phi) is 6.55. The predicted octanol–water partition coefficient (Wildman–Crippen LogP) is 6.27. The number of aromatic amines is 1. The molecule has 0 saturated carbocycles. The van der Waals surface area contributed by atoms with Crippen molar-refractivity contribution in [3.05, 3.63) is 95.7 Å². The SMILES string of the molecule is COc1ccccc1N1CCN(Cc2c(-c3ccccc3)[nH]c(C)c2-c2ccc(F)cc2F)CC1. The second kappa shape index (κ2) is 9.92. The van der Waals surface area contributed by atoms with Gasteiger partial charge in [-0.3, -0.25) is 4.90 Å². The Balaban J connectivity index is 1.46. The molecule has 1 aliphatic rings. The van der Waals surface area contributed by atoms with Gasteiger partial charge in [-0.1, -0.05) is 42.5 Å². The molecule has 1 fully saturated rings. The third kappa shape index (κ3) is 4.66. The Bertz CT molecular complexity index is 1310. The zero-order valence-electron chi connectivity index (χ0n) is 20.0. The molecule has 35 heavy (non-hydrogen) atoms. The Morgan fingerprint density at radius 1 is 0.886 bits per heavy atom. The molecule has 5 rings (SSSR count). The van der Waals surface area contributed by atoms with E-state index in [4.69, 9.17) is 4.74 Å². The molecule has 3 aromatic carbocycles. The average molecular weight is 474 g/mol. The molecule has 0 atom stereocenters. The van der Waals surface area contributed by atoms with E-state index in [1.54, 1.807) is 13.2 Å². The van der Waals surface area contributed by atoms with Crippen LogP contribution in [0.2, 0.25) is 0 Å². The standard InChI is InChI=1S/C29H29F2N3O/c1-20-28(23-13-12-22(30)18-25(23)31)24(29(32-20)21-8-4-3-5-9-21)19-33-14-16-34(17-15-33)26-10-6-7-11-27(26)35-2/h3-13,18,32H,14-17,19H2,1-2H3. The van der Waals surface area contributed by atoms with Crippen LogP contribution in [-0.2, 0) is 6.54 Å². The summed E-state index contributed by atoms with van der Waals surface area (Å²) in [7, 11) is 1.70. The molecule has 0 unspecified atom stereocenters. The number of ether oxygens (including phenoxy) is 1. The molecule has 1 saturated heterocycles. The van der Waals surface area contributed by atoms with E-state index in [2.05, 4.69) is 33.0 Å². The number of hydrogen-bond donors (Lipinski definition) is 1. The molecule has 4 aromatic rings. The fraction of sp³-hybridized carbons (Fsp3) is 0.241. The van der Waals surface area contributed by atoms with Crippen LogP contribution in [0.4, 0.5) is 14.5 Å². The largest absolute Gasteiger partial charge is 0.495 e. The van der Waals surface area contributed by atoms with E-state index >= 15 is 0 Å². The molecule has 1 aliphatic heterocycles. The number of halogens is 2. The van der Waals surface area contributed by atoms with Gasteiger partial charge < -0.3 is 14.6 Å². The minimum atomic E-state index is -0.572. The van der Waals surface area contributed by atoms with Gasteiger partial charge in [-0.25, -0.2) is 8.78 Å². The molecule has 0 spiro atoms. The van der Waals surface area contributed by atoms with Crippen molar-refractivity contribution in [3.63, 3.8) is 0 Å². The van der Waals surface area contributed by atoms with Crippen molar-refractivity contribution in [1.82, 2.24) is 9.88 Å². The number of hydrogen-bond acceptors (Lipinski definition) is 3. The van der Waals surface area contributed by atoms with Gasteiger partial charge in [-0.2, -0.15) is 0 Å². The van der Waals surface area contributed by atoms with Gasteiger partial charge in [0.25, 0.3) is 0 Å². The molecule has 0 aliphatic carbocycles. The number of piperazine rings is 1. The fourth-order valence-corrected chi connectivity index (χ4v) is 5.00. The second-order valence-corrected chi connectivity index (χ2v) is 8.90. The van der Waals surface area contributed by atoms with Crippen LogP contribution in [0.15, 0.2) is 72.8 Å². The highest BCUT2D eigenvalue weighted by molar-refractivity contribution is 5.80. The maximum absolute atomic E-state index is 14.9. The lowest BCUT2D eigenvalue weighted by molar-refractivity contribution is 0.250. The monoisotopic (exact) mass is 473 g/mol. The van der Waals surface area contributed by atoms with Crippen molar-refractivity contribution in [3.8, 4) is 28.1 Å². The molecule has 1 N–H and O–H groups in total. The van der Waals surface area contributed by atoms with Crippen LogP contribution < -0.4 is 9.64 Å². The van der Waals surface area contributed by atoms with Crippen molar-refractivity contribution < 1.29 is 13.5 Å². The molecule has 6 heteroatoms. The summed E-state index contributed by atoms with van der Waals surface area (Å²) in [6, 6.07) is 22.0. The Morgan fingerprint density at radius 3 is 2.31 bits per heavy atom. The maximum atomic E-state index is 14.9. The molecule has 0 amide bonds. The predicted molar refractivity (Wildman–Crippen MR) is 137 cm³/mol. The van der Waals surface area contributed by atoms with Gasteiger partial charge in [0.2, 0.25) is 0 Å². The molecule has 0 bridgehead atoms. The van der Waals surface area contributed by atoms with Crippen LogP contribution in [-0.4, -0.2) is 43.2 Å². The van der Waals surface area contributed by atoms with Gasteiger partial charge in [-0.15, -0.1) is 0 Å². The third-order valence-electron chi connectivity index (χ3n) is 6.73. The lowest BCUT2D eigenvalue weighted by atomic mass is 9.97. The highest BCUT2D eigenvalue weighted by Gasteiger charge is 2.25. The highest BCUT2D eigenvalue weighted by atomic mass is 19.1. The van der Waals surface area contributed by atoms with Crippen LogP contribution >= 0.6 is 0 Å². The van der Waals surface area contributed by atoms with E-state index in [9.17, 15) is 8.78 Å². The molecular formula is C29H29F2N3O. The summed E-state index contributed by atoms with van der Waals surface area (Å²) in [5, 5.41) is 0. The number of nitrogens with zero attached hydrogens (tertiary/aromatic N) is 2. The van der Waals surface area contributed by atoms with E-state index in [0.29, 0.717) is 12.1 Å². The van der Waals surface area contributed by atoms with E-state index in [1.165, 1.54) is 6.07 Å². The fourth-order valence-electron chi connectivity index (χ4n) is 5.00. The summed E-state index contributed by atoms with van der Waals surface area (Å²) in [6.07, 6.45) is 0. The highest BCUT2D eigenvalue weighted by Crippen LogP contribution is 2.38. The van der Waals surface area contributed by atoms with Crippen LogP contribution in [0.1, 0.15) is 11.3 Å². The first-order valence-electron chi connectivity index (χ1n) is 11.9. The first-order valence-corrected chi connectivity index (χ1v) is 11.9. The van der Waals surface area contributed by atoms with Gasteiger partial charge >= 0.3 is 0 Å². The van der Waals surface area contributed by atoms with Crippen molar-refractivity contribution in [2.45, 2.75) is 13.5 Å². The summed E-state index contributed by atoms with van der Waals surface area (Å²) in [4.78, 5) is 8.23. The molecule has 0 radical (unpaired) electrons. The number of para-hydroxylation sites is 2. The number of aromatic nitrogens is 1. The van der Waals surface area contributed by atoms with Gasteiger partial charge in [-0.05, 0) is 42.3 Å². The lowest BCUT2D eigenvalue weighted by Crippen LogP contribution is -2.46. The molecular weight excluding hydrogens is 444 g/mol. The summed E-state index contributed by atoms with van der Waals surface area (Å²) in [5.74, 6) is -0.242. The van der Waals surface area contributed by atoms with Crippen LogP contribution in [0.25, 0.3) is 22.4 Å². The summed E-state index contributed by atoms with van der Waals surface area (Å²) in [6.45, 7) is 6.08. The Labute approximate surface area is 204 Å². The van der Waals surface area contributed by atoms with E-state index in [1.807, 2.05) is 43.3 Å². The van der Waals surface area contributed by atoms with Gasteiger partial charge in [0.15, 0.2) is 0 Å². The number of anilines is 1. The summed E-state index contributed by atoms with van der Waals surface area (Å²) >= 11 is 0. The number of H-pyrrole nitrogens is 1. The Morgan fingerprint density at radius 2 is 1.60 bits per heavy atom. The zero-order chi connectivity index (χ0) is 24.4. The normalized spacial score (nSPS) is 14.3. The summed E-state index contributed by atoms with van der Waals surface area (Å²) < 4.78 is 34.1.